The summed E-state index contributed by atoms with van der Waals surface area (Å²) in [7, 11) is 0. The van der Waals surface area contributed by atoms with Crippen molar-refractivity contribution in [3.8, 4) is 0 Å². The van der Waals surface area contributed by atoms with Gasteiger partial charge in [-0.3, -0.25) is 4.79 Å². The van der Waals surface area contributed by atoms with E-state index < -0.39 is 0 Å². The van der Waals surface area contributed by atoms with Crippen molar-refractivity contribution in [2.75, 3.05) is 31.6 Å². The van der Waals surface area contributed by atoms with E-state index in [-0.39, 0.29) is 5.91 Å². The monoisotopic (exact) mass is 284 g/mol. The molecule has 2 fully saturated rings. The van der Waals surface area contributed by atoms with Gasteiger partial charge in [0.15, 0.2) is 0 Å². The Hall–Kier alpha value is -0.220. The fraction of sp³-hybridized carbons (Fsp3) is 0.933. The van der Waals surface area contributed by atoms with E-state index in [1.165, 1.54) is 51.6 Å². The van der Waals surface area contributed by atoms with Crippen LogP contribution in [0.15, 0.2) is 0 Å². The number of likely N-dealkylation sites (tertiary alicyclic amines) is 1. The Balaban J connectivity index is 1.71. The zero-order valence-electron chi connectivity index (χ0n) is 12.2. The predicted molar refractivity (Wildman–Crippen MR) is 82.6 cm³/mol. The number of nitrogens with one attached hydrogen (secondary N) is 1. The van der Waals surface area contributed by atoms with Gasteiger partial charge in [0.2, 0.25) is 5.91 Å². The second kappa shape index (κ2) is 8.15. The van der Waals surface area contributed by atoms with Crippen LogP contribution < -0.4 is 5.32 Å². The van der Waals surface area contributed by atoms with Crippen LogP contribution >= 0.6 is 11.8 Å². The van der Waals surface area contributed by atoms with Crippen LogP contribution in [0.4, 0.5) is 0 Å². The van der Waals surface area contributed by atoms with Gasteiger partial charge in [0, 0.05) is 19.1 Å². The SMILES string of the molecule is CSCC(=O)NC1CCCN(CC2CCCCC2)C1. The maximum Gasteiger partial charge on any atom is 0.230 e. The molecule has 1 saturated carbocycles. The van der Waals surface area contributed by atoms with E-state index in [4.69, 9.17) is 0 Å². The summed E-state index contributed by atoms with van der Waals surface area (Å²) in [6.45, 7) is 3.55. The van der Waals surface area contributed by atoms with Gasteiger partial charge in [-0.1, -0.05) is 19.3 Å². The molecule has 0 radical (unpaired) electrons. The normalized spacial score (nSPS) is 26.3. The summed E-state index contributed by atoms with van der Waals surface area (Å²) in [5, 5.41) is 3.19. The van der Waals surface area contributed by atoms with Crippen molar-refractivity contribution in [2.45, 2.75) is 51.0 Å². The quantitative estimate of drug-likeness (QED) is 0.842. The largest absolute Gasteiger partial charge is 0.351 e. The second-order valence-corrected chi connectivity index (χ2v) is 6.97. The smallest absolute Gasteiger partial charge is 0.230 e. The molecule has 2 aliphatic rings. The minimum Gasteiger partial charge on any atom is -0.351 e. The molecule has 1 aliphatic carbocycles. The Labute approximate surface area is 121 Å². The lowest BCUT2D eigenvalue weighted by Crippen LogP contribution is -2.49. The molecule has 3 nitrogen and oxygen atoms in total. The molecule has 0 bridgehead atoms. The molecule has 0 aromatic carbocycles. The van der Waals surface area contributed by atoms with Gasteiger partial charge in [-0.05, 0) is 44.4 Å². The lowest BCUT2D eigenvalue weighted by molar-refractivity contribution is -0.119. The van der Waals surface area contributed by atoms with Crippen LogP contribution in [0.2, 0.25) is 0 Å². The molecule has 1 amide bonds. The summed E-state index contributed by atoms with van der Waals surface area (Å²) in [4.78, 5) is 14.2. The molecule has 19 heavy (non-hydrogen) atoms. The molecule has 0 spiro atoms. The highest BCUT2D eigenvalue weighted by Crippen LogP contribution is 2.25. The zero-order valence-corrected chi connectivity index (χ0v) is 13.0. The third-order valence-electron chi connectivity index (χ3n) is 4.39. The van der Waals surface area contributed by atoms with E-state index in [1.54, 1.807) is 11.8 Å². The van der Waals surface area contributed by atoms with Gasteiger partial charge in [-0.15, -0.1) is 0 Å². The number of piperidine rings is 1. The van der Waals surface area contributed by atoms with E-state index in [1.807, 2.05) is 6.26 Å². The third-order valence-corrected chi connectivity index (χ3v) is 4.94. The van der Waals surface area contributed by atoms with E-state index in [0.717, 1.165) is 18.9 Å². The minimum atomic E-state index is 0.206. The number of amides is 1. The van der Waals surface area contributed by atoms with E-state index in [2.05, 4.69) is 10.2 Å². The molecule has 1 atom stereocenters. The van der Waals surface area contributed by atoms with Gasteiger partial charge in [-0.25, -0.2) is 0 Å². The molecule has 1 unspecified atom stereocenters. The van der Waals surface area contributed by atoms with Crippen molar-refractivity contribution in [3.63, 3.8) is 0 Å². The number of nitrogens with zero attached hydrogens (tertiary/aromatic N) is 1. The Morgan fingerprint density at radius 1 is 1.21 bits per heavy atom. The molecule has 1 aliphatic heterocycles. The Morgan fingerprint density at radius 3 is 2.74 bits per heavy atom. The van der Waals surface area contributed by atoms with Crippen LogP contribution in [0.5, 0.6) is 0 Å². The van der Waals surface area contributed by atoms with Gasteiger partial charge in [0.25, 0.3) is 0 Å². The lowest BCUT2D eigenvalue weighted by atomic mass is 9.88. The fourth-order valence-electron chi connectivity index (χ4n) is 3.47. The molecular weight excluding hydrogens is 256 g/mol. The standard InChI is InChI=1S/C15H28N2OS/c1-19-12-15(18)16-14-8-5-9-17(11-14)10-13-6-3-2-4-7-13/h13-14H,2-12H2,1H3,(H,16,18). The van der Waals surface area contributed by atoms with E-state index >= 15 is 0 Å². The van der Waals surface area contributed by atoms with Crippen LogP contribution in [0.25, 0.3) is 0 Å². The van der Waals surface area contributed by atoms with Crippen molar-refractivity contribution in [1.82, 2.24) is 10.2 Å². The molecule has 1 saturated heterocycles. The summed E-state index contributed by atoms with van der Waals surface area (Å²) in [6.07, 6.45) is 11.5. The number of hydrogen-bond donors (Lipinski definition) is 1. The first-order valence-electron chi connectivity index (χ1n) is 7.78. The van der Waals surface area contributed by atoms with Crippen LogP contribution in [0.1, 0.15) is 44.9 Å². The Bertz CT molecular complexity index is 279. The molecule has 0 aromatic rings. The average molecular weight is 284 g/mol. The van der Waals surface area contributed by atoms with Crippen LogP contribution in [0.3, 0.4) is 0 Å². The van der Waals surface area contributed by atoms with Gasteiger partial charge < -0.3 is 10.2 Å². The molecule has 1 heterocycles. The van der Waals surface area contributed by atoms with Gasteiger partial charge in [-0.2, -0.15) is 11.8 Å². The minimum absolute atomic E-state index is 0.206. The van der Waals surface area contributed by atoms with E-state index in [9.17, 15) is 4.79 Å². The number of hydrogen-bond acceptors (Lipinski definition) is 3. The molecule has 4 heteroatoms. The number of thioether (sulfide) groups is 1. The maximum absolute atomic E-state index is 11.7. The summed E-state index contributed by atoms with van der Waals surface area (Å²) in [6, 6.07) is 0.386. The summed E-state index contributed by atoms with van der Waals surface area (Å²) < 4.78 is 0. The van der Waals surface area contributed by atoms with Crippen LogP contribution in [-0.4, -0.2) is 48.5 Å². The molecule has 0 aromatic heterocycles. The zero-order chi connectivity index (χ0) is 13.5. The third kappa shape index (κ3) is 5.35. The topological polar surface area (TPSA) is 32.3 Å². The lowest BCUT2D eigenvalue weighted by Gasteiger charge is -2.36. The first-order chi connectivity index (χ1) is 9.28. The van der Waals surface area contributed by atoms with Crippen molar-refractivity contribution in [1.29, 1.82) is 0 Å². The number of carbonyl (C=O) groups excluding carboxylic acids is 1. The molecule has 1 N–H and O–H groups in total. The van der Waals surface area contributed by atoms with Crippen molar-refractivity contribution in [2.24, 2.45) is 5.92 Å². The second-order valence-electron chi connectivity index (χ2n) is 6.10. The molecular formula is C15H28N2OS. The van der Waals surface area contributed by atoms with Gasteiger partial charge in [0.1, 0.15) is 0 Å². The first-order valence-corrected chi connectivity index (χ1v) is 9.18. The van der Waals surface area contributed by atoms with E-state index in [0.29, 0.717) is 11.8 Å². The number of carbonyl (C=O) groups is 1. The van der Waals surface area contributed by atoms with Crippen LogP contribution in [-0.2, 0) is 4.79 Å². The van der Waals surface area contributed by atoms with Gasteiger partial charge in [0.05, 0.1) is 5.75 Å². The highest BCUT2D eigenvalue weighted by Gasteiger charge is 2.24. The summed E-state index contributed by atoms with van der Waals surface area (Å²) in [5.74, 6) is 1.71. The van der Waals surface area contributed by atoms with Crippen molar-refractivity contribution in [3.05, 3.63) is 0 Å². The Morgan fingerprint density at radius 2 is 2.00 bits per heavy atom. The highest BCUT2D eigenvalue weighted by atomic mass is 32.2. The van der Waals surface area contributed by atoms with Crippen molar-refractivity contribution < 1.29 is 4.79 Å². The molecule has 110 valence electrons. The fourth-order valence-corrected chi connectivity index (χ4v) is 3.82. The average Bonchev–Trinajstić information content (AvgIpc) is 2.40. The first kappa shape index (κ1) is 15.2. The maximum atomic E-state index is 11.7. The summed E-state index contributed by atoms with van der Waals surface area (Å²) >= 11 is 1.60. The van der Waals surface area contributed by atoms with Crippen molar-refractivity contribution >= 4 is 17.7 Å². The molecule has 2 rings (SSSR count). The Kier molecular flexibility index (Phi) is 6.51. The van der Waals surface area contributed by atoms with Gasteiger partial charge >= 0.3 is 0 Å². The van der Waals surface area contributed by atoms with Crippen LogP contribution in [0, 0.1) is 5.92 Å². The number of rotatable bonds is 5. The highest BCUT2D eigenvalue weighted by molar-refractivity contribution is 7.99. The predicted octanol–water partition coefficient (Wildman–Crippen LogP) is 2.51. The summed E-state index contributed by atoms with van der Waals surface area (Å²) in [5.41, 5.74) is 0.